The Labute approximate surface area is 102 Å². The summed E-state index contributed by atoms with van der Waals surface area (Å²) in [6, 6.07) is 6.90. The van der Waals surface area contributed by atoms with Gasteiger partial charge in [0.05, 0.1) is 11.5 Å². The van der Waals surface area contributed by atoms with Crippen LogP contribution in [0.1, 0.15) is 50.3 Å². The zero-order valence-electron chi connectivity index (χ0n) is 9.91. The van der Waals surface area contributed by atoms with Gasteiger partial charge in [0, 0.05) is 4.88 Å². The molecule has 0 bridgehead atoms. The maximum atomic E-state index is 9.67. The van der Waals surface area contributed by atoms with Gasteiger partial charge in [0.2, 0.25) is 0 Å². The van der Waals surface area contributed by atoms with Crippen LogP contribution in [0.25, 0.3) is 0 Å². The predicted octanol–water partition coefficient (Wildman–Crippen LogP) is 4.50. The molecule has 0 radical (unpaired) electrons. The first-order chi connectivity index (χ1) is 7.83. The molecule has 1 aromatic heterocycles. The topological polar surface area (TPSA) is 23.8 Å². The summed E-state index contributed by atoms with van der Waals surface area (Å²) in [7, 11) is 0. The highest BCUT2D eigenvalue weighted by atomic mass is 32.1. The molecule has 1 saturated carbocycles. The first-order valence-electron chi connectivity index (χ1n) is 6.28. The number of rotatable bonds is 3. The average Bonchev–Trinajstić information content (AvgIpc) is 2.84. The van der Waals surface area contributed by atoms with Crippen LogP contribution in [0.2, 0.25) is 0 Å². The number of nitrogens with zero attached hydrogens (tertiary/aromatic N) is 1. The predicted molar refractivity (Wildman–Crippen MR) is 68.5 cm³/mol. The van der Waals surface area contributed by atoms with E-state index in [-0.39, 0.29) is 5.41 Å². The first kappa shape index (κ1) is 11.7. The van der Waals surface area contributed by atoms with E-state index >= 15 is 0 Å². The van der Waals surface area contributed by atoms with Crippen molar-refractivity contribution in [1.29, 1.82) is 5.26 Å². The zero-order valence-corrected chi connectivity index (χ0v) is 10.7. The number of hydrogen-bond donors (Lipinski definition) is 0. The van der Waals surface area contributed by atoms with Gasteiger partial charge in [-0.2, -0.15) is 5.26 Å². The van der Waals surface area contributed by atoms with Crippen LogP contribution in [-0.2, 0) is 5.41 Å². The molecular weight excluding hydrogens is 214 g/mol. The van der Waals surface area contributed by atoms with Gasteiger partial charge in [0.15, 0.2) is 0 Å². The van der Waals surface area contributed by atoms with Crippen LogP contribution < -0.4 is 0 Å². The van der Waals surface area contributed by atoms with Gasteiger partial charge in [0.25, 0.3) is 0 Å². The molecule has 1 aliphatic carbocycles. The summed E-state index contributed by atoms with van der Waals surface area (Å²) < 4.78 is 0. The lowest BCUT2D eigenvalue weighted by molar-refractivity contribution is 0.230. The van der Waals surface area contributed by atoms with Crippen molar-refractivity contribution >= 4 is 11.3 Å². The van der Waals surface area contributed by atoms with E-state index in [4.69, 9.17) is 0 Å². The highest BCUT2D eigenvalue weighted by Crippen LogP contribution is 2.46. The minimum atomic E-state index is -0.164. The maximum Gasteiger partial charge on any atom is 0.0942 e. The van der Waals surface area contributed by atoms with E-state index < -0.39 is 0 Å². The Balaban J connectivity index is 2.33. The fraction of sp³-hybridized carbons (Fsp3) is 0.643. The van der Waals surface area contributed by atoms with E-state index in [0.29, 0.717) is 5.92 Å². The van der Waals surface area contributed by atoms with Crippen LogP contribution in [-0.4, -0.2) is 0 Å². The molecular formula is C14H19NS. The van der Waals surface area contributed by atoms with E-state index in [1.54, 1.807) is 11.3 Å². The summed E-state index contributed by atoms with van der Waals surface area (Å²) in [5, 5.41) is 11.8. The lowest BCUT2D eigenvalue weighted by Crippen LogP contribution is -2.36. The Morgan fingerprint density at radius 1 is 1.56 bits per heavy atom. The summed E-state index contributed by atoms with van der Waals surface area (Å²) >= 11 is 1.76. The molecule has 0 aromatic carbocycles. The van der Waals surface area contributed by atoms with E-state index in [9.17, 15) is 5.26 Å². The molecule has 1 fully saturated rings. The Hall–Kier alpha value is -0.810. The largest absolute Gasteiger partial charge is 0.197 e. The Morgan fingerprint density at radius 2 is 2.44 bits per heavy atom. The summed E-state index contributed by atoms with van der Waals surface area (Å²) in [4.78, 5) is 1.30. The molecule has 16 heavy (non-hydrogen) atoms. The van der Waals surface area contributed by atoms with Gasteiger partial charge in [-0.3, -0.25) is 0 Å². The monoisotopic (exact) mass is 233 g/mol. The van der Waals surface area contributed by atoms with Crippen LogP contribution in [0.5, 0.6) is 0 Å². The first-order valence-corrected chi connectivity index (χ1v) is 7.16. The van der Waals surface area contributed by atoms with Gasteiger partial charge in [0.1, 0.15) is 0 Å². The van der Waals surface area contributed by atoms with Crippen molar-refractivity contribution in [3.63, 3.8) is 0 Å². The molecule has 1 aliphatic rings. The fourth-order valence-corrected chi connectivity index (χ4v) is 4.03. The highest BCUT2D eigenvalue weighted by molar-refractivity contribution is 7.10. The Morgan fingerprint density at radius 3 is 3.06 bits per heavy atom. The van der Waals surface area contributed by atoms with Gasteiger partial charge in [-0.15, -0.1) is 11.3 Å². The third-order valence-electron chi connectivity index (χ3n) is 3.87. The third kappa shape index (κ3) is 1.89. The number of nitriles is 1. The lowest BCUT2D eigenvalue weighted by Gasteiger charge is -2.38. The molecule has 86 valence electrons. The number of hydrogen-bond acceptors (Lipinski definition) is 2. The van der Waals surface area contributed by atoms with Crippen LogP contribution >= 0.6 is 11.3 Å². The molecule has 2 heteroatoms. The molecule has 2 atom stereocenters. The molecule has 1 heterocycles. The van der Waals surface area contributed by atoms with Gasteiger partial charge in [-0.25, -0.2) is 0 Å². The zero-order chi connectivity index (χ0) is 11.4. The minimum Gasteiger partial charge on any atom is -0.197 e. The van der Waals surface area contributed by atoms with Crippen LogP contribution in [0.3, 0.4) is 0 Å². The number of thiophene rings is 1. The Bertz CT molecular complexity index is 361. The molecule has 2 rings (SSSR count). The van der Waals surface area contributed by atoms with E-state index in [1.165, 1.54) is 37.0 Å². The van der Waals surface area contributed by atoms with Crippen molar-refractivity contribution in [3.8, 4) is 6.07 Å². The van der Waals surface area contributed by atoms with Gasteiger partial charge >= 0.3 is 0 Å². The lowest BCUT2D eigenvalue weighted by atomic mass is 9.65. The molecule has 2 unspecified atom stereocenters. The fourth-order valence-electron chi connectivity index (χ4n) is 3.04. The average molecular weight is 233 g/mol. The van der Waals surface area contributed by atoms with Crippen LogP contribution in [0.15, 0.2) is 17.5 Å². The van der Waals surface area contributed by atoms with Crippen LogP contribution in [0, 0.1) is 17.2 Å². The molecule has 0 N–H and O–H groups in total. The van der Waals surface area contributed by atoms with E-state index in [1.807, 2.05) is 0 Å². The molecule has 0 spiro atoms. The highest BCUT2D eigenvalue weighted by Gasteiger charge is 2.42. The van der Waals surface area contributed by atoms with Gasteiger partial charge in [-0.1, -0.05) is 32.3 Å². The van der Waals surface area contributed by atoms with Gasteiger partial charge in [-0.05, 0) is 36.6 Å². The maximum absolute atomic E-state index is 9.67. The molecule has 0 aliphatic heterocycles. The second-order valence-corrected chi connectivity index (χ2v) is 5.74. The summed E-state index contributed by atoms with van der Waals surface area (Å²) in [6.45, 7) is 2.23. The molecule has 1 nitrogen and oxygen atoms in total. The summed E-state index contributed by atoms with van der Waals surface area (Å²) in [5.41, 5.74) is -0.164. The van der Waals surface area contributed by atoms with Crippen molar-refractivity contribution in [2.45, 2.75) is 50.9 Å². The van der Waals surface area contributed by atoms with Crippen molar-refractivity contribution in [2.24, 2.45) is 5.92 Å². The quantitative estimate of drug-likeness (QED) is 0.754. The molecule has 1 aromatic rings. The van der Waals surface area contributed by atoms with E-state index in [0.717, 1.165) is 6.42 Å². The third-order valence-corrected chi connectivity index (χ3v) is 4.92. The van der Waals surface area contributed by atoms with Crippen molar-refractivity contribution in [3.05, 3.63) is 22.4 Å². The molecule has 0 amide bonds. The minimum absolute atomic E-state index is 0.164. The summed E-state index contributed by atoms with van der Waals surface area (Å²) in [5.74, 6) is 0.579. The standard InChI is InChI=1S/C14H19NS/c1-2-6-12-7-3-4-9-14(12,11-15)13-8-5-10-16-13/h5,8,10,12H,2-4,6-7,9H2,1H3. The van der Waals surface area contributed by atoms with Crippen molar-refractivity contribution < 1.29 is 0 Å². The van der Waals surface area contributed by atoms with Crippen LogP contribution in [0.4, 0.5) is 0 Å². The Kier molecular flexibility index (Phi) is 3.66. The van der Waals surface area contributed by atoms with Crippen molar-refractivity contribution in [1.82, 2.24) is 0 Å². The second-order valence-electron chi connectivity index (χ2n) is 4.79. The van der Waals surface area contributed by atoms with Crippen molar-refractivity contribution in [2.75, 3.05) is 0 Å². The van der Waals surface area contributed by atoms with E-state index in [2.05, 4.69) is 30.5 Å². The SMILES string of the molecule is CCCC1CCCCC1(C#N)c1cccs1. The normalized spacial score (nSPS) is 29.9. The summed E-state index contributed by atoms with van der Waals surface area (Å²) in [6.07, 6.45) is 7.21. The second kappa shape index (κ2) is 5.01. The molecule has 0 saturated heterocycles. The van der Waals surface area contributed by atoms with Gasteiger partial charge < -0.3 is 0 Å². The smallest absolute Gasteiger partial charge is 0.0942 e.